The van der Waals surface area contributed by atoms with E-state index in [-0.39, 0.29) is 0 Å². The summed E-state index contributed by atoms with van der Waals surface area (Å²) in [5.41, 5.74) is 5.63. The van der Waals surface area contributed by atoms with Gasteiger partial charge in [0.25, 0.3) is 5.89 Å². The average Bonchev–Trinajstić information content (AvgIpc) is 3.48. The van der Waals surface area contributed by atoms with Crippen molar-refractivity contribution in [2.24, 2.45) is 0 Å². The standard InChI is InChI=1S/C26H26N4O4/c1-16-14-23(28-30(16)15-21-4-3-5-22(17(21)2)26(31)32)25-27-24(29-34-25)20-8-6-18(7-9-20)19-10-12-33-13-11-19/h3-9,14,19H,10-13,15H2,1-2H3,(H,31,32). The van der Waals surface area contributed by atoms with E-state index >= 15 is 0 Å². The SMILES string of the molecule is Cc1c(Cn2nc(-c3nc(-c4ccc(C5CCOCC5)cc4)no3)cc2C)cccc1C(=O)O. The van der Waals surface area contributed by atoms with Crippen molar-refractivity contribution in [3.8, 4) is 23.0 Å². The van der Waals surface area contributed by atoms with Crippen LogP contribution in [0.1, 0.15) is 51.5 Å². The molecule has 0 atom stereocenters. The van der Waals surface area contributed by atoms with E-state index in [1.165, 1.54) is 5.56 Å². The molecule has 0 radical (unpaired) electrons. The molecule has 34 heavy (non-hydrogen) atoms. The lowest BCUT2D eigenvalue weighted by Crippen LogP contribution is -2.13. The molecule has 2 aromatic carbocycles. The monoisotopic (exact) mass is 458 g/mol. The van der Waals surface area contributed by atoms with Crippen LogP contribution in [0.2, 0.25) is 0 Å². The largest absolute Gasteiger partial charge is 0.478 e. The molecule has 8 heteroatoms. The third-order valence-electron chi connectivity index (χ3n) is 6.48. The fourth-order valence-electron chi connectivity index (χ4n) is 4.40. The number of aromatic nitrogens is 4. The molecule has 0 amide bonds. The first-order valence-electron chi connectivity index (χ1n) is 11.4. The maximum atomic E-state index is 11.4. The van der Waals surface area contributed by atoms with Gasteiger partial charge < -0.3 is 14.4 Å². The number of aryl methyl sites for hydroxylation is 1. The van der Waals surface area contributed by atoms with Crippen LogP contribution in [-0.2, 0) is 11.3 Å². The zero-order valence-corrected chi connectivity index (χ0v) is 19.2. The van der Waals surface area contributed by atoms with E-state index < -0.39 is 5.97 Å². The van der Waals surface area contributed by atoms with Crippen molar-refractivity contribution in [2.75, 3.05) is 13.2 Å². The van der Waals surface area contributed by atoms with E-state index in [1.807, 2.05) is 42.8 Å². The van der Waals surface area contributed by atoms with E-state index in [2.05, 4.69) is 27.4 Å². The van der Waals surface area contributed by atoms with Crippen LogP contribution in [0.5, 0.6) is 0 Å². The van der Waals surface area contributed by atoms with Gasteiger partial charge in [-0.3, -0.25) is 4.68 Å². The molecular weight excluding hydrogens is 432 g/mol. The molecule has 0 unspecified atom stereocenters. The number of carboxylic acids is 1. The Labute approximate surface area is 197 Å². The van der Waals surface area contributed by atoms with Gasteiger partial charge in [-0.25, -0.2) is 4.79 Å². The van der Waals surface area contributed by atoms with Crippen molar-refractivity contribution in [1.82, 2.24) is 19.9 Å². The number of carbonyl (C=O) groups is 1. The van der Waals surface area contributed by atoms with Crippen molar-refractivity contribution >= 4 is 5.97 Å². The number of hydrogen-bond donors (Lipinski definition) is 1. The minimum Gasteiger partial charge on any atom is -0.478 e. The Morgan fingerprint density at radius 2 is 1.88 bits per heavy atom. The molecule has 1 N–H and O–H groups in total. The van der Waals surface area contributed by atoms with Crippen LogP contribution in [0.15, 0.2) is 53.1 Å². The first-order chi connectivity index (χ1) is 16.5. The summed E-state index contributed by atoms with van der Waals surface area (Å²) in [6.45, 7) is 5.84. The minimum absolute atomic E-state index is 0.298. The summed E-state index contributed by atoms with van der Waals surface area (Å²) in [5.74, 6) is 0.471. The molecule has 4 aromatic rings. The Morgan fingerprint density at radius 1 is 1.12 bits per heavy atom. The average molecular weight is 459 g/mol. The summed E-state index contributed by atoms with van der Waals surface area (Å²) in [7, 11) is 0. The molecule has 1 fully saturated rings. The molecule has 0 saturated carbocycles. The minimum atomic E-state index is -0.934. The molecule has 3 heterocycles. The molecule has 0 bridgehead atoms. The maximum Gasteiger partial charge on any atom is 0.335 e. The summed E-state index contributed by atoms with van der Waals surface area (Å²) < 4.78 is 12.8. The smallest absolute Gasteiger partial charge is 0.335 e. The highest BCUT2D eigenvalue weighted by Gasteiger charge is 2.18. The number of ether oxygens (including phenoxy) is 1. The van der Waals surface area contributed by atoms with E-state index in [4.69, 9.17) is 9.26 Å². The van der Waals surface area contributed by atoms with Crippen molar-refractivity contribution in [2.45, 2.75) is 39.2 Å². The first-order valence-corrected chi connectivity index (χ1v) is 11.4. The predicted molar refractivity (Wildman–Crippen MR) is 126 cm³/mol. The van der Waals surface area contributed by atoms with Crippen LogP contribution in [0, 0.1) is 13.8 Å². The van der Waals surface area contributed by atoms with Gasteiger partial charge >= 0.3 is 5.97 Å². The molecule has 1 saturated heterocycles. The van der Waals surface area contributed by atoms with Crippen molar-refractivity contribution in [1.29, 1.82) is 0 Å². The van der Waals surface area contributed by atoms with Crippen molar-refractivity contribution < 1.29 is 19.2 Å². The lowest BCUT2D eigenvalue weighted by atomic mass is 9.91. The van der Waals surface area contributed by atoms with E-state index in [0.29, 0.717) is 35.4 Å². The van der Waals surface area contributed by atoms with Gasteiger partial charge in [-0.1, -0.05) is 41.6 Å². The second-order valence-corrected chi connectivity index (χ2v) is 8.66. The van der Waals surface area contributed by atoms with Crippen LogP contribution >= 0.6 is 0 Å². The number of hydrogen-bond acceptors (Lipinski definition) is 6. The lowest BCUT2D eigenvalue weighted by Gasteiger charge is -2.22. The van der Waals surface area contributed by atoms with Gasteiger partial charge in [0.1, 0.15) is 0 Å². The van der Waals surface area contributed by atoms with E-state index in [9.17, 15) is 9.90 Å². The third-order valence-corrected chi connectivity index (χ3v) is 6.48. The van der Waals surface area contributed by atoms with Gasteiger partial charge in [-0.05, 0) is 61.4 Å². The first kappa shape index (κ1) is 22.0. The second kappa shape index (κ2) is 9.23. The van der Waals surface area contributed by atoms with Crippen LogP contribution < -0.4 is 0 Å². The normalized spacial score (nSPS) is 14.4. The van der Waals surface area contributed by atoms with Crippen LogP contribution in [0.25, 0.3) is 23.0 Å². The molecule has 174 valence electrons. The topological polar surface area (TPSA) is 103 Å². The summed E-state index contributed by atoms with van der Waals surface area (Å²) in [4.78, 5) is 16.0. The summed E-state index contributed by atoms with van der Waals surface area (Å²) in [5, 5.41) is 18.2. The number of carboxylic acid groups (broad SMARTS) is 1. The van der Waals surface area contributed by atoms with Gasteiger partial charge in [0.05, 0.1) is 12.1 Å². The molecule has 1 aliphatic rings. The van der Waals surface area contributed by atoms with Gasteiger partial charge in [0.2, 0.25) is 5.82 Å². The number of nitrogens with zero attached hydrogens (tertiary/aromatic N) is 4. The van der Waals surface area contributed by atoms with Crippen LogP contribution in [0.3, 0.4) is 0 Å². The molecule has 2 aromatic heterocycles. The van der Waals surface area contributed by atoms with Gasteiger partial charge in [0, 0.05) is 24.5 Å². The highest BCUT2D eigenvalue weighted by Crippen LogP contribution is 2.29. The Morgan fingerprint density at radius 3 is 2.62 bits per heavy atom. The Balaban J connectivity index is 1.35. The van der Waals surface area contributed by atoms with Crippen molar-refractivity contribution in [3.05, 3.63) is 76.5 Å². The van der Waals surface area contributed by atoms with Gasteiger partial charge in [0.15, 0.2) is 5.69 Å². The Hall–Kier alpha value is -3.78. The highest BCUT2D eigenvalue weighted by atomic mass is 16.5. The van der Waals surface area contributed by atoms with Crippen LogP contribution in [0.4, 0.5) is 0 Å². The van der Waals surface area contributed by atoms with E-state index in [1.54, 1.807) is 12.1 Å². The molecule has 0 aliphatic carbocycles. The fourth-order valence-corrected chi connectivity index (χ4v) is 4.40. The molecule has 0 spiro atoms. The molecular formula is C26H26N4O4. The van der Waals surface area contributed by atoms with Crippen LogP contribution in [-0.4, -0.2) is 44.2 Å². The quantitative estimate of drug-likeness (QED) is 0.440. The second-order valence-electron chi connectivity index (χ2n) is 8.66. The van der Waals surface area contributed by atoms with E-state index in [0.717, 1.165) is 48.4 Å². The number of benzene rings is 2. The lowest BCUT2D eigenvalue weighted by molar-refractivity contribution is 0.0696. The number of aromatic carboxylic acids is 1. The third kappa shape index (κ3) is 4.36. The zero-order valence-electron chi connectivity index (χ0n) is 19.2. The summed E-state index contributed by atoms with van der Waals surface area (Å²) in [6, 6.07) is 15.5. The van der Waals surface area contributed by atoms with Gasteiger partial charge in [-0.15, -0.1) is 0 Å². The molecule has 5 rings (SSSR count). The van der Waals surface area contributed by atoms with Gasteiger partial charge in [-0.2, -0.15) is 10.1 Å². The summed E-state index contributed by atoms with van der Waals surface area (Å²) in [6.07, 6.45) is 2.10. The Kier molecular flexibility index (Phi) is 5.98. The fraction of sp³-hybridized carbons (Fsp3) is 0.308. The zero-order chi connectivity index (χ0) is 23.7. The van der Waals surface area contributed by atoms with Crippen molar-refractivity contribution in [3.63, 3.8) is 0 Å². The number of rotatable bonds is 6. The molecule has 1 aliphatic heterocycles. The Bertz CT molecular complexity index is 1320. The summed E-state index contributed by atoms with van der Waals surface area (Å²) >= 11 is 0. The molecule has 8 nitrogen and oxygen atoms in total. The predicted octanol–water partition coefficient (Wildman–Crippen LogP) is 4.86. The maximum absolute atomic E-state index is 11.4. The highest BCUT2D eigenvalue weighted by molar-refractivity contribution is 5.89.